The molecule has 6 rings (SSSR count). The summed E-state index contributed by atoms with van der Waals surface area (Å²) in [5.41, 5.74) is 1.86. The highest BCUT2D eigenvalue weighted by Crippen LogP contribution is 2.36. The number of hydrogen-bond acceptors (Lipinski definition) is 7. The molecular formula is C31H24FN5O5. The Morgan fingerprint density at radius 3 is 2.55 bits per heavy atom. The maximum atomic E-state index is 14.8. The molecule has 2 aliphatic heterocycles. The molecule has 2 aromatic carbocycles. The minimum atomic E-state index is -1.51. The molecule has 0 spiro atoms. The van der Waals surface area contributed by atoms with Crippen molar-refractivity contribution in [2.45, 2.75) is 13.0 Å². The molecule has 4 heterocycles. The number of nitrogens with one attached hydrogen (secondary N) is 1. The molecule has 0 aliphatic carbocycles. The molecule has 2 N–H and O–H groups in total. The Morgan fingerprint density at radius 1 is 1.10 bits per heavy atom. The zero-order valence-corrected chi connectivity index (χ0v) is 22.6. The minimum absolute atomic E-state index is 0.00639. The van der Waals surface area contributed by atoms with Crippen molar-refractivity contribution in [3.63, 3.8) is 0 Å². The van der Waals surface area contributed by atoms with Crippen LogP contribution >= 0.6 is 0 Å². The van der Waals surface area contributed by atoms with Crippen LogP contribution in [0.1, 0.15) is 27.9 Å². The first-order chi connectivity index (χ1) is 20.2. The number of ether oxygens (including phenoxy) is 1. The van der Waals surface area contributed by atoms with E-state index in [-0.39, 0.29) is 36.6 Å². The minimum Gasteiger partial charge on any atom is -0.506 e. The number of halogens is 1. The summed E-state index contributed by atoms with van der Waals surface area (Å²) in [6.45, 7) is -0.118. The lowest BCUT2D eigenvalue weighted by Crippen LogP contribution is -2.42. The van der Waals surface area contributed by atoms with E-state index < -0.39 is 29.0 Å². The number of aromatic hydroxyl groups is 1. The van der Waals surface area contributed by atoms with E-state index in [0.29, 0.717) is 28.1 Å². The Bertz CT molecular complexity index is 1840. The molecule has 4 aromatic rings. The van der Waals surface area contributed by atoms with Gasteiger partial charge in [0.2, 0.25) is 11.8 Å². The van der Waals surface area contributed by atoms with Crippen molar-refractivity contribution >= 4 is 17.7 Å². The van der Waals surface area contributed by atoms with E-state index in [1.807, 2.05) is 6.20 Å². The number of benzene rings is 2. The molecule has 210 valence electrons. The van der Waals surface area contributed by atoms with Crippen LogP contribution in [-0.4, -0.2) is 56.1 Å². The van der Waals surface area contributed by atoms with Crippen LogP contribution < -0.4 is 10.1 Å². The number of carbonyl (C=O) groups excluding carboxylic acids is 3. The van der Waals surface area contributed by atoms with Crippen LogP contribution in [0, 0.1) is 23.1 Å². The molecule has 2 aliphatic rings. The number of fused-ring (bicyclic) bond motifs is 1. The van der Waals surface area contributed by atoms with Crippen molar-refractivity contribution in [2.75, 3.05) is 13.7 Å². The third kappa shape index (κ3) is 4.62. The van der Waals surface area contributed by atoms with Gasteiger partial charge in [-0.2, -0.15) is 5.10 Å². The van der Waals surface area contributed by atoms with E-state index in [4.69, 9.17) is 4.74 Å². The molecule has 0 saturated carbocycles. The van der Waals surface area contributed by atoms with E-state index in [0.717, 1.165) is 5.56 Å². The fraction of sp³-hybridized carbons (Fsp3) is 0.194. The van der Waals surface area contributed by atoms with E-state index >= 15 is 0 Å². The summed E-state index contributed by atoms with van der Waals surface area (Å²) in [5, 5.41) is 16.9. The van der Waals surface area contributed by atoms with Gasteiger partial charge in [0, 0.05) is 43.0 Å². The van der Waals surface area contributed by atoms with Gasteiger partial charge in [-0.05, 0) is 35.9 Å². The number of aromatic nitrogens is 3. The topological polar surface area (TPSA) is 127 Å². The monoisotopic (exact) mass is 565 g/mol. The molecule has 42 heavy (non-hydrogen) atoms. The molecule has 0 bridgehead atoms. The molecule has 0 unspecified atom stereocenters. The standard InChI is InChI=1S/C31H24FN5O5/c1-36-15-21(14-33-36)22-8-9-23(38)28(34-22)19-5-3-18(4-6-19)11-12-31(13-25(39)35-30(31)41)17-37-16-20-7-10-24(42-2)27(32)26(20)29(37)40/h3-10,14-15,38H,13,16-17H2,1-2H3,(H,35,39,41)/t31-/m1/s1. The summed E-state index contributed by atoms with van der Waals surface area (Å²) in [7, 11) is 3.12. The van der Waals surface area contributed by atoms with Crippen LogP contribution in [0.3, 0.4) is 0 Å². The Balaban J connectivity index is 1.27. The second-order valence-corrected chi connectivity index (χ2v) is 10.2. The number of pyridine rings is 1. The van der Waals surface area contributed by atoms with E-state index in [1.165, 1.54) is 18.1 Å². The van der Waals surface area contributed by atoms with Gasteiger partial charge in [-0.3, -0.25) is 24.4 Å². The molecule has 1 fully saturated rings. The zero-order valence-electron chi connectivity index (χ0n) is 22.6. The quantitative estimate of drug-likeness (QED) is 0.281. The van der Waals surface area contributed by atoms with Crippen molar-refractivity contribution in [1.29, 1.82) is 0 Å². The van der Waals surface area contributed by atoms with Gasteiger partial charge in [0.05, 0.1) is 31.0 Å². The molecule has 1 saturated heterocycles. The summed E-state index contributed by atoms with van der Waals surface area (Å²) in [4.78, 5) is 44.3. The third-order valence-corrected chi connectivity index (χ3v) is 7.36. The smallest absolute Gasteiger partial charge is 0.257 e. The van der Waals surface area contributed by atoms with Gasteiger partial charge in [0.15, 0.2) is 11.6 Å². The van der Waals surface area contributed by atoms with Crippen LogP contribution in [0.2, 0.25) is 0 Å². The summed E-state index contributed by atoms with van der Waals surface area (Å²) < 4.78 is 21.5. The average molecular weight is 566 g/mol. The van der Waals surface area contributed by atoms with E-state index in [9.17, 15) is 23.9 Å². The number of amides is 3. The maximum Gasteiger partial charge on any atom is 0.257 e. The number of rotatable bonds is 5. The fourth-order valence-corrected chi connectivity index (χ4v) is 5.20. The van der Waals surface area contributed by atoms with Crippen molar-refractivity contribution in [1.82, 2.24) is 25.0 Å². The van der Waals surface area contributed by atoms with Gasteiger partial charge in [0.1, 0.15) is 16.9 Å². The Kier molecular flexibility index (Phi) is 6.46. The van der Waals surface area contributed by atoms with Crippen molar-refractivity contribution in [3.8, 4) is 45.9 Å². The Hall–Kier alpha value is -5.50. The highest BCUT2D eigenvalue weighted by atomic mass is 19.1. The largest absolute Gasteiger partial charge is 0.506 e. The van der Waals surface area contributed by atoms with E-state index in [2.05, 4.69) is 27.2 Å². The fourth-order valence-electron chi connectivity index (χ4n) is 5.20. The first-order valence-electron chi connectivity index (χ1n) is 13.0. The molecule has 2 aromatic heterocycles. The molecule has 10 nitrogen and oxygen atoms in total. The number of hydrogen-bond donors (Lipinski definition) is 2. The SMILES string of the molecule is COc1ccc2c(c1F)C(=O)N(C[C@@]1(C#Cc3ccc(-c4nc(-c5cnn(C)c5)ccc4O)cc3)CC(=O)NC1=O)C2. The van der Waals surface area contributed by atoms with E-state index in [1.54, 1.807) is 60.4 Å². The Labute approximate surface area is 239 Å². The third-order valence-electron chi connectivity index (χ3n) is 7.36. The average Bonchev–Trinajstić information content (AvgIpc) is 3.63. The van der Waals surface area contributed by atoms with Crippen LogP contribution in [-0.2, 0) is 23.2 Å². The highest BCUT2D eigenvalue weighted by molar-refractivity contribution is 6.08. The molecule has 1 atom stereocenters. The van der Waals surface area contributed by atoms with Gasteiger partial charge in [-0.25, -0.2) is 9.37 Å². The number of imide groups is 1. The van der Waals surface area contributed by atoms with Gasteiger partial charge < -0.3 is 14.7 Å². The molecule has 11 heteroatoms. The summed E-state index contributed by atoms with van der Waals surface area (Å²) in [6.07, 6.45) is 3.27. The number of aryl methyl sites for hydroxylation is 1. The zero-order chi connectivity index (χ0) is 29.6. The van der Waals surface area contributed by atoms with Crippen molar-refractivity contribution < 1.29 is 28.6 Å². The van der Waals surface area contributed by atoms with Crippen molar-refractivity contribution in [2.24, 2.45) is 12.5 Å². The van der Waals surface area contributed by atoms with Crippen LogP contribution in [0.25, 0.3) is 22.5 Å². The highest BCUT2D eigenvalue weighted by Gasteiger charge is 2.49. The Morgan fingerprint density at radius 2 is 1.88 bits per heavy atom. The summed E-state index contributed by atoms with van der Waals surface area (Å²) >= 11 is 0. The second kappa shape index (κ2) is 10.2. The first kappa shape index (κ1) is 26.7. The normalized spacial score (nSPS) is 17.6. The molecular weight excluding hydrogens is 541 g/mol. The number of methoxy groups -OCH3 is 1. The van der Waals surface area contributed by atoms with Crippen molar-refractivity contribution in [3.05, 3.63) is 83.4 Å². The predicted molar refractivity (Wildman–Crippen MR) is 148 cm³/mol. The second-order valence-electron chi connectivity index (χ2n) is 10.2. The van der Waals surface area contributed by atoms with Crippen LogP contribution in [0.15, 0.2) is 60.9 Å². The lowest BCUT2D eigenvalue weighted by atomic mass is 9.85. The lowest BCUT2D eigenvalue weighted by Gasteiger charge is -2.25. The van der Waals surface area contributed by atoms with Gasteiger partial charge in [0.25, 0.3) is 5.91 Å². The van der Waals surface area contributed by atoms with Crippen LogP contribution in [0.4, 0.5) is 4.39 Å². The van der Waals surface area contributed by atoms with Gasteiger partial charge in [-0.15, -0.1) is 0 Å². The molecule has 3 amide bonds. The maximum absolute atomic E-state index is 14.8. The number of nitrogens with zero attached hydrogens (tertiary/aromatic N) is 4. The van der Waals surface area contributed by atoms with Gasteiger partial charge >= 0.3 is 0 Å². The van der Waals surface area contributed by atoms with Crippen LogP contribution in [0.5, 0.6) is 11.5 Å². The van der Waals surface area contributed by atoms with Gasteiger partial charge in [-0.1, -0.05) is 30.0 Å². The summed E-state index contributed by atoms with van der Waals surface area (Å²) in [5.74, 6) is 3.38. The first-order valence-corrected chi connectivity index (χ1v) is 13.0. The number of carbonyl (C=O) groups is 3. The summed E-state index contributed by atoms with van der Waals surface area (Å²) in [6, 6.07) is 13.2. The lowest BCUT2D eigenvalue weighted by molar-refractivity contribution is -0.127. The molecule has 0 radical (unpaired) electrons. The predicted octanol–water partition coefficient (Wildman–Crippen LogP) is 3.04.